The standard InChI is InChI=1S/C16H19ClN2O2/c17-16-13(12-4-1-2-5-14(12)21-16)10-18-9-3-6-15(20)19-11-7-8-11/h1-2,4-5,11,18H,3,6-10H2,(H,19,20). The minimum Gasteiger partial charge on any atom is -0.444 e. The molecule has 1 amide bonds. The lowest BCUT2D eigenvalue weighted by atomic mass is 10.2. The number of fused-ring (bicyclic) bond motifs is 1. The number of hydrogen-bond donors (Lipinski definition) is 2. The molecule has 21 heavy (non-hydrogen) atoms. The molecule has 2 aromatic rings. The summed E-state index contributed by atoms with van der Waals surface area (Å²) in [6.45, 7) is 1.44. The Kier molecular flexibility index (Phi) is 4.46. The van der Waals surface area contributed by atoms with Crippen LogP contribution in [0.2, 0.25) is 5.22 Å². The largest absolute Gasteiger partial charge is 0.444 e. The molecule has 1 aromatic heterocycles. The Labute approximate surface area is 128 Å². The molecule has 0 bridgehead atoms. The molecular formula is C16H19ClN2O2. The highest BCUT2D eigenvalue weighted by Crippen LogP contribution is 2.29. The monoisotopic (exact) mass is 306 g/mol. The van der Waals surface area contributed by atoms with Crippen LogP contribution in [0, 0.1) is 0 Å². The molecule has 1 aliphatic carbocycles. The molecule has 0 unspecified atom stereocenters. The smallest absolute Gasteiger partial charge is 0.220 e. The van der Waals surface area contributed by atoms with Gasteiger partial charge in [-0.15, -0.1) is 0 Å². The summed E-state index contributed by atoms with van der Waals surface area (Å²) in [5.74, 6) is 0.158. The molecule has 0 aliphatic heterocycles. The average Bonchev–Trinajstić information content (AvgIpc) is 3.21. The van der Waals surface area contributed by atoms with Gasteiger partial charge in [0.2, 0.25) is 5.91 Å². The van der Waals surface area contributed by atoms with Gasteiger partial charge >= 0.3 is 0 Å². The molecule has 0 radical (unpaired) electrons. The van der Waals surface area contributed by atoms with E-state index in [0.717, 1.165) is 42.3 Å². The number of rotatable bonds is 7. The van der Waals surface area contributed by atoms with Crippen molar-refractivity contribution in [2.45, 2.75) is 38.3 Å². The van der Waals surface area contributed by atoms with Gasteiger partial charge in [0.25, 0.3) is 0 Å². The zero-order valence-corrected chi connectivity index (χ0v) is 12.6. The van der Waals surface area contributed by atoms with Crippen LogP contribution in [0.5, 0.6) is 0 Å². The van der Waals surface area contributed by atoms with E-state index in [2.05, 4.69) is 10.6 Å². The Balaban J connectivity index is 1.44. The fraction of sp³-hybridized carbons (Fsp3) is 0.438. The second-order valence-electron chi connectivity index (χ2n) is 5.47. The molecule has 1 heterocycles. The SMILES string of the molecule is O=C(CCCNCc1c(Cl)oc2ccccc12)NC1CC1. The van der Waals surface area contributed by atoms with Gasteiger partial charge in [-0.25, -0.2) is 0 Å². The molecule has 0 atom stereocenters. The van der Waals surface area contributed by atoms with Crippen molar-refractivity contribution in [2.75, 3.05) is 6.54 Å². The van der Waals surface area contributed by atoms with E-state index in [9.17, 15) is 4.79 Å². The van der Waals surface area contributed by atoms with E-state index in [1.165, 1.54) is 0 Å². The lowest BCUT2D eigenvalue weighted by molar-refractivity contribution is -0.121. The van der Waals surface area contributed by atoms with Gasteiger partial charge in [-0.1, -0.05) is 18.2 Å². The van der Waals surface area contributed by atoms with Gasteiger partial charge in [0.05, 0.1) is 0 Å². The summed E-state index contributed by atoms with van der Waals surface area (Å²) in [4.78, 5) is 11.5. The van der Waals surface area contributed by atoms with Gasteiger partial charge in [0.15, 0.2) is 5.22 Å². The van der Waals surface area contributed by atoms with Crippen molar-refractivity contribution >= 4 is 28.5 Å². The molecule has 112 valence electrons. The number of halogens is 1. The molecule has 0 saturated heterocycles. The van der Waals surface area contributed by atoms with Crippen molar-refractivity contribution in [3.8, 4) is 0 Å². The molecule has 1 saturated carbocycles. The van der Waals surface area contributed by atoms with E-state index in [4.69, 9.17) is 16.0 Å². The number of amides is 1. The van der Waals surface area contributed by atoms with E-state index in [1.54, 1.807) is 0 Å². The minimum absolute atomic E-state index is 0.158. The van der Waals surface area contributed by atoms with Crippen LogP contribution in [0.4, 0.5) is 0 Å². The first-order valence-electron chi connectivity index (χ1n) is 7.40. The lowest BCUT2D eigenvalue weighted by Crippen LogP contribution is -2.26. The highest BCUT2D eigenvalue weighted by Gasteiger charge is 2.22. The summed E-state index contributed by atoms with van der Waals surface area (Å²) < 4.78 is 5.51. The number of nitrogens with one attached hydrogen (secondary N) is 2. The first-order chi connectivity index (χ1) is 10.2. The van der Waals surface area contributed by atoms with Crippen molar-refractivity contribution in [3.63, 3.8) is 0 Å². The minimum atomic E-state index is 0.158. The number of carbonyl (C=O) groups is 1. The normalized spacial score (nSPS) is 14.5. The quantitative estimate of drug-likeness (QED) is 0.772. The zero-order chi connectivity index (χ0) is 14.7. The fourth-order valence-electron chi connectivity index (χ4n) is 2.35. The van der Waals surface area contributed by atoms with E-state index < -0.39 is 0 Å². The lowest BCUT2D eigenvalue weighted by Gasteiger charge is -2.05. The van der Waals surface area contributed by atoms with Crippen molar-refractivity contribution in [1.29, 1.82) is 0 Å². The third kappa shape index (κ3) is 3.77. The van der Waals surface area contributed by atoms with Gasteiger partial charge in [-0.3, -0.25) is 4.79 Å². The Hall–Kier alpha value is -1.52. The van der Waals surface area contributed by atoms with Crippen LogP contribution in [0.15, 0.2) is 28.7 Å². The Morgan fingerprint density at radius 3 is 2.95 bits per heavy atom. The van der Waals surface area contributed by atoms with Gasteiger partial charge < -0.3 is 15.1 Å². The highest BCUT2D eigenvalue weighted by atomic mass is 35.5. The van der Waals surface area contributed by atoms with E-state index in [1.807, 2.05) is 24.3 Å². The summed E-state index contributed by atoms with van der Waals surface area (Å²) in [6, 6.07) is 8.26. The first kappa shape index (κ1) is 14.4. The fourth-order valence-corrected chi connectivity index (χ4v) is 2.60. The van der Waals surface area contributed by atoms with Crippen LogP contribution in [-0.4, -0.2) is 18.5 Å². The molecule has 0 spiro atoms. The second-order valence-corrected chi connectivity index (χ2v) is 5.82. The second kappa shape index (κ2) is 6.50. The number of furan rings is 1. The van der Waals surface area contributed by atoms with Crippen LogP contribution < -0.4 is 10.6 Å². The van der Waals surface area contributed by atoms with E-state index in [0.29, 0.717) is 24.2 Å². The highest BCUT2D eigenvalue weighted by molar-refractivity contribution is 6.30. The van der Waals surface area contributed by atoms with Crippen LogP contribution in [-0.2, 0) is 11.3 Å². The van der Waals surface area contributed by atoms with Gasteiger partial charge in [-0.2, -0.15) is 0 Å². The molecule has 3 rings (SSSR count). The van der Waals surface area contributed by atoms with Gasteiger partial charge in [0.1, 0.15) is 5.58 Å². The molecule has 1 aromatic carbocycles. The third-order valence-electron chi connectivity index (χ3n) is 3.65. The van der Waals surface area contributed by atoms with Crippen molar-refractivity contribution in [2.24, 2.45) is 0 Å². The summed E-state index contributed by atoms with van der Waals surface area (Å²) >= 11 is 6.12. The molecule has 4 nitrogen and oxygen atoms in total. The Morgan fingerprint density at radius 1 is 1.33 bits per heavy atom. The van der Waals surface area contributed by atoms with Crippen LogP contribution >= 0.6 is 11.6 Å². The Morgan fingerprint density at radius 2 is 2.14 bits per heavy atom. The van der Waals surface area contributed by atoms with E-state index in [-0.39, 0.29) is 5.91 Å². The molecular weight excluding hydrogens is 288 g/mol. The summed E-state index contributed by atoms with van der Waals surface area (Å²) in [5, 5.41) is 7.79. The summed E-state index contributed by atoms with van der Waals surface area (Å²) in [7, 11) is 0. The van der Waals surface area contributed by atoms with Gasteiger partial charge in [-0.05, 0) is 43.5 Å². The number of para-hydroxylation sites is 1. The molecule has 5 heteroatoms. The Bertz CT molecular complexity index is 634. The average molecular weight is 307 g/mol. The number of benzene rings is 1. The number of carbonyl (C=O) groups excluding carboxylic acids is 1. The molecule has 1 fully saturated rings. The van der Waals surface area contributed by atoms with Gasteiger partial charge in [0, 0.05) is 30.0 Å². The van der Waals surface area contributed by atoms with Crippen LogP contribution in [0.3, 0.4) is 0 Å². The first-order valence-corrected chi connectivity index (χ1v) is 7.78. The maximum absolute atomic E-state index is 11.5. The predicted molar refractivity (Wildman–Crippen MR) is 83.3 cm³/mol. The predicted octanol–water partition coefficient (Wildman–Crippen LogP) is 3.23. The van der Waals surface area contributed by atoms with E-state index >= 15 is 0 Å². The molecule has 1 aliphatic rings. The van der Waals surface area contributed by atoms with Crippen molar-refractivity contribution < 1.29 is 9.21 Å². The van der Waals surface area contributed by atoms with Crippen LogP contribution in [0.25, 0.3) is 11.0 Å². The topological polar surface area (TPSA) is 54.3 Å². The van der Waals surface area contributed by atoms with Crippen LogP contribution in [0.1, 0.15) is 31.2 Å². The molecule has 2 N–H and O–H groups in total. The summed E-state index contributed by atoms with van der Waals surface area (Å²) in [5.41, 5.74) is 1.79. The third-order valence-corrected chi connectivity index (χ3v) is 3.96. The number of hydrogen-bond acceptors (Lipinski definition) is 3. The van der Waals surface area contributed by atoms with Crippen molar-refractivity contribution in [3.05, 3.63) is 35.0 Å². The zero-order valence-electron chi connectivity index (χ0n) is 11.8. The maximum Gasteiger partial charge on any atom is 0.220 e. The maximum atomic E-state index is 11.5. The summed E-state index contributed by atoms with van der Waals surface area (Å²) in [6.07, 6.45) is 3.67. The van der Waals surface area contributed by atoms with Crippen molar-refractivity contribution in [1.82, 2.24) is 10.6 Å².